The summed E-state index contributed by atoms with van der Waals surface area (Å²) < 4.78 is 0. The van der Waals surface area contributed by atoms with E-state index in [1.54, 1.807) is 0 Å². The maximum Gasteiger partial charge on any atom is 0.256 e. The number of carbonyl (C=O) groups excluding carboxylic acids is 1. The third-order valence-electron chi connectivity index (χ3n) is 4.02. The van der Waals surface area contributed by atoms with Crippen molar-refractivity contribution in [2.24, 2.45) is 11.8 Å². The molecule has 0 radical (unpaired) electrons. The fraction of sp³-hybridized carbons (Fsp3) is 0.308. The molecule has 1 aromatic rings. The molecule has 3 atom stereocenters. The molecule has 4 rings (SSSR count). The number of hydrogen-bond donors (Lipinski definition) is 1. The van der Waals surface area contributed by atoms with Gasteiger partial charge in [-0.3, -0.25) is 4.79 Å². The van der Waals surface area contributed by atoms with Crippen LogP contribution in [0.5, 0.6) is 0 Å². The van der Waals surface area contributed by atoms with Crippen LogP contribution in [0.3, 0.4) is 0 Å². The van der Waals surface area contributed by atoms with E-state index in [1.807, 2.05) is 12.1 Å². The summed E-state index contributed by atoms with van der Waals surface area (Å²) in [6.07, 6.45) is 2.17. The molecule has 15 heavy (non-hydrogen) atoms. The molecule has 2 aliphatic carbocycles. The molecule has 1 saturated carbocycles. The van der Waals surface area contributed by atoms with E-state index < -0.39 is 0 Å². The van der Waals surface area contributed by atoms with Crippen LogP contribution in [0.25, 0.3) is 5.57 Å². The normalized spacial score (nSPS) is 34.1. The highest BCUT2D eigenvalue weighted by Gasteiger charge is 2.51. The first-order valence-electron chi connectivity index (χ1n) is 5.44. The monoisotopic (exact) mass is 197 g/mol. The van der Waals surface area contributed by atoms with E-state index in [0.29, 0.717) is 17.8 Å². The summed E-state index contributed by atoms with van der Waals surface area (Å²) in [5.74, 6) is 2.06. The quantitative estimate of drug-likeness (QED) is 0.679. The Hall–Kier alpha value is -1.57. The Balaban J connectivity index is 2.07. The lowest BCUT2D eigenvalue weighted by molar-refractivity contribution is -0.110. The minimum atomic E-state index is 0.0787. The molecule has 2 heteroatoms. The molecule has 0 bridgehead atoms. The van der Waals surface area contributed by atoms with Gasteiger partial charge in [-0.05, 0) is 29.4 Å². The zero-order valence-corrected chi connectivity index (χ0v) is 8.45. The Morgan fingerprint density at radius 1 is 1.33 bits per heavy atom. The van der Waals surface area contributed by atoms with Crippen LogP contribution in [0.15, 0.2) is 24.3 Å². The smallest absolute Gasteiger partial charge is 0.256 e. The highest BCUT2D eigenvalue weighted by molar-refractivity contribution is 6.32. The number of anilines is 1. The fourth-order valence-corrected chi connectivity index (χ4v) is 3.15. The number of fused-ring (bicyclic) bond motifs is 2. The van der Waals surface area contributed by atoms with Crippen molar-refractivity contribution in [2.45, 2.75) is 12.8 Å². The maximum absolute atomic E-state index is 11.7. The standard InChI is InChI=1S/C13H11NO/c1-6-8-5-9-12-7(11(6)8)3-2-4-10(12)14-13(9)15/h2-6,8,11H,1H3,(H,14,15). The molecule has 0 aromatic heterocycles. The average Bonchev–Trinajstić information content (AvgIpc) is 2.77. The van der Waals surface area contributed by atoms with Crippen molar-refractivity contribution in [3.05, 3.63) is 35.4 Å². The molecule has 1 amide bonds. The van der Waals surface area contributed by atoms with Gasteiger partial charge in [0, 0.05) is 16.8 Å². The van der Waals surface area contributed by atoms with E-state index in [2.05, 4.69) is 24.4 Å². The van der Waals surface area contributed by atoms with Crippen LogP contribution in [0, 0.1) is 11.8 Å². The summed E-state index contributed by atoms with van der Waals surface area (Å²) in [6.45, 7) is 2.27. The first kappa shape index (κ1) is 7.69. The summed E-state index contributed by atoms with van der Waals surface area (Å²) in [5, 5.41) is 2.93. The summed E-state index contributed by atoms with van der Waals surface area (Å²) in [6, 6.07) is 6.21. The minimum Gasteiger partial charge on any atom is -0.321 e. The van der Waals surface area contributed by atoms with Gasteiger partial charge in [-0.25, -0.2) is 0 Å². The van der Waals surface area contributed by atoms with Crippen LogP contribution in [-0.2, 0) is 4.79 Å². The Labute approximate surface area is 88.0 Å². The van der Waals surface area contributed by atoms with Gasteiger partial charge in [-0.15, -0.1) is 0 Å². The zero-order valence-electron chi connectivity index (χ0n) is 8.45. The van der Waals surface area contributed by atoms with Crippen LogP contribution in [0.1, 0.15) is 24.0 Å². The first-order chi connectivity index (χ1) is 7.27. The van der Waals surface area contributed by atoms with Crippen molar-refractivity contribution in [1.82, 2.24) is 0 Å². The lowest BCUT2D eigenvalue weighted by Crippen LogP contribution is -2.05. The average molecular weight is 197 g/mol. The lowest BCUT2D eigenvalue weighted by atomic mass is 9.91. The van der Waals surface area contributed by atoms with Crippen molar-refractivity contribution in [3.63, 3.8) is 0 Å². The second kappa shape index (κ2) is 2.16. The topological polar surface area (TPSA) is 29.1 Å². The molecular weight excluding hydrogens is 186 g/mol. The minimum absolute atomic E-state index is 0.0787. The number of benzene rings is 1. The van der Waals surface area contributed by atoms with E-state index >= 15 is 0 Å². The highest BCUT2D eigenvalue weighted by Crippen LogP contribution is 2.61. The van der Waals surface area contributed by atoms with E-state index in [4.69, 9.17) is 0 Å². The van der Waals surface area contributed by atoms with Crippen molar-refractivity contribution in [1.29, 1.82) is 0 Å². The van der Waals surface area contributed by atoms with Crippen molar-refractivity contribution < 1.29 is 4.79 Å². The molecule has 1 fully saturated rings. The zero-order chi connectivity index (χ0) is 10.2. The Bertz CT molecular complexity index is 529. The van der Waals surface area contributed by atoms with Crippen LogP contribution in [0.4, 0.5) is 5.69 Å². The SMILES string of the molecule is CC1C2C=C3C(=O)Nc4cccc(c43)C12. The second-order valence-electron chi connectivity index (χ2n) is 4.77. The van der Waals surface area contributed by atoms with Gasteiger partial charge < -0.3 is 5.32 Å². The molecular formula is C13H11NO. The van der Waals surface area contributed by atoms with Crippen LogP contribution >= 0.6 is 0 Å². The first-order valence-corrected chi connectivity index (χ1v) is 5.44. The maximum atomic E-state index is 11.7. The van der Waals surface area contributed by atoms with Crippen molar-refractivity contribution >= 4 is 17.2 Å². The number of carbonyl (C=O) groups is 1. The summed E-state index contributed by atoms with van der Waals surface area (Å²) >= 11 is 0. The molecule has 0 spiro atoms. The van der Waals surface area contributed by atoms with E-state index in [0.717, 1.165) is 11.3 Å². The van der Waals surface area contributed by atoms with Gasteiger partial charge in [-0.1, -0.05) is 25.1 Å². The fourth-order valence-electron chi connectivity index (χ4n) is 3.15. The van der Waals surface area contributed by atoms with E-state index in [1.165, 1.54) is 11.1 Å². The van der Waals surface area contributed by atoms with Gasteiger partial charge >= 0.3 is 0 Å². The van der Waals surface area contributed by atoms with Crippen molar-refractivity contribution in [3.8, 4) is 0 Å². The summed E-state index contributed by atoms with van der Waals surface area (Å²) in [5.41, 5.74) is 4.46. The molecule has 74 valence electrons. The number of rotatable bonds is 0. The third-order valence-corrected chi connectivity index (χ3v) is 4.02. The number of allylic oxidation sites excluding steroid dienone is 1. The highest BCUT2D eigenvalue weighted by atomic mass is 16.2. The molecule has 1 aromatic carbocycles. The molecule has 3 aliphatic rings. The van der Waals surface area contributed by atoms with Crippen LogP contribution in [-0.4, -0.2) is 5.91 Å². The number of nitrogens with one attached hydrogen (secondary N) is 1. The van der Waals surface area contributed by atoms with Crippen LogP contribution < -0.4 is 5.32 Å². The van der Waals surface area contributed by atoms with Gasteiger partial charge in [0.2, 0.25) is 0 Å². The van der Waals surface area contributed by atoms with Crippen LogP contribution in [0.2, 0.25) is 0 Å². The molecule has 1 aliphatic heterocycles. The molecule has 3 unspecified atom stereocenters. The van der Waals surface area contributed by atoms with E-state index in [9.17, 15) is 4.79 Å². The Kier molecular flexibility index (Phi) is 1.11. The van der Waals surface area contributed by atoms with Crippen molar-refractivity contribution in [2.75, 3.05) is 5.32 Å². The molecule has 2 nitrogen and oxygen atoms in total. The summed E-state index contributed by atoms with van der Waals surface area (Å²) in [7, 11) is 0. The predicted molar refractivity (Wildman–Crippen MR) is 58.4 cm³/mol. The molecule has 1 heterocycles. The van der Waals surface area contributed by atoms with Gasteiger partial charge in [0.15, 0.2) is 0 Å². The largest absolute Gasteiger partial charge is 0.321 e. The van der Waals surface area contributed by atoms with Gasteiger partial charge in [0.1, 0.15) is 0 Å². The van der Waals surface area contributed by atoms with E-state index in [-0.39, 0.29) is 5.91 Å². The predicted octanol–water partition coefficient (Wildman–Crippen LogP) is 2.39. The van der Waals surface area contributed by atoms with Gasteiger partial charge in [-0.2, -0.15) is 0 Å². The summed E-state index contributed by atoms with van der Waals surface area (Å²) in [4.78, 5) is 11.7. The molecule has 1 N–H and O–H groups in total. The second-order valence-corrected chi connectivity index (χ2v) is 4.77. The third kappa shape index (κ3) is 0.751. The Morgan fingerprint density at radius 3 is 3.07 bits per heavy atom. The lowest BCUT2D eigenvalue weighted by Gasteiger charge is -2.10. The van der Waals surface area contributed by atoms with Gasteiger partial charge in [0.25, 0.3) is 5.91 Å². The number of hydrogen-bond acceptors (Lipinski definition) is 1. The number of amides is 1. The van der Waals surface area contributed by atoms with Gasteiger partial charge in [0.05, 0.1) is 0 Å². The molecule has 0 saturated heterocycles. The Morgan fingerprint density at radius 2 is 2.20 bits per heavy atom.